The van der Waals surface area contributed by atoms with Crippen LogP contribution in [0.15, 0.2) is 18.5 Å². The number of hydrogen-bond donors (Lipinski definition) is 1. The van der Waals surface area contributed by atoms with E-state index in [1.807, 2.05) is 0 Å². The topological polar surface area (TPSA) is 76.5 Å². The van der Waals surface area contributed by atoms with Crippen molar-refractivity contribution in [3.8, 4) is 0 Å². The van der Waals surface area contributed by atoms with E-state index in [0.29, 0.717) is 5.56 Å². The second-order valence-corrected chi connectivity index (χ2v) is 4.30. The molecule has 1 aliphatic rings. The summed E-state index contributed by atoms with van der Waals surface area (Å²) in [4.78, 5) is 26.9. The summed E-state index contributed by atoms with van der Waals surface area (Å²) >= 11 is 0. The van der Waals surface area contributed by atoms with Crippen LogP contribution in [0.2, 0.25) is 0 Å². The SMILES string of the molecule is O=C(O)C1(Cc2cncc(F)c2)COCCC1=O. The second-order valence-electron chi connectivity index (χ2n) is 4.30. The van der Waals surface area contributed by atoms with Gasteiger partial charge in [0.1, 0.15) is 5.82 Å². The van der Waals surface area contributed by atoms with E-state index in [2.05, 4.69) is 4.98 Å². The molecule has 2 heterocycles. The van der Waals surface area contributed by atoms with Crippen molar-refractivity contribution in [1.29, 1.82) is 0 Å². The van der Waals surface area contributed by atoms with Crippen molar-refractivity contribution in [2.75, 3.05) is 13.2 Å². The van der Waals surface area contributed by atoms with Gasteiger partial charge < -0.3 is 9.84 Å². The van der Waals surface area contributed by atoms with Crippen LogP contribution < -0.4 is 0 Å². The number of aliphatic carboxylic acids is 1. The monoisotopic (exact) mass is 253 g/mol. The number of hydrogen-bond acceptors (Lipinski definition) is 4. The Morgan fingerprint density at radius 1 is 1.56 bits per heavy atom. The van der Waals surface area contributed by atoms with Crippen LogP contribution in [0.5, 0.6) is 0 Å². The lowest BCUT2D eigenvalue weighted by molar-refractivity contribution is -0.164. The quantitative estimate of drug-likeness (QED) is 0.807. The van der Waals surface area contributed by atoms with Crippen LogP contribution in [-0.2, 0) is 20.7 Å². The smallest absolute Gasteiger partial charge is 0.319 e. The molecule has 0 aromatic carbocycles. The van der Waals surface area contributed by atoms with Crippen LogP contribution in [-0.4, -0.2) is 35.1 Å². The minimum absolute atomic E-state index is 0.0645. The first-order chi connectivity index (χ1) is 8.54. The van der Waals surface area contributed by atoms with E-state index in [1.54, 1.807) is 0 Å². The number of aromatic nitrogens is 1. The molecular weight excluding hydrogens is 241 g/mol. The highest BCUT2D eigenvalue weighted by Gasteiger charge is 2.48. The highest BCUT2D eigenvalue weighted by molar-refractivity contribution is 6.04. The first-order valence-electron chi connectivity index (χ1n) is 5.48. The number of ketones is 1. The van der Waals surface area contributed by atoms with Crippen LogP contribution in [0.25, 0.3) is 0 Å². The Labute approximate surface area is 103 Å². The molecule has 6 heteroatoms. The highest BCUT2D eigenvalue weighted by atomic mass is 19.1. The van der Waals surface area contributed by atoms with Gasteiger partial charge in [-0.15, -0.1) is 0 Å². The van der Waals surface area contributed by atoms with Gasteiger partial charge in [-0.3, -0.25) is 14.6 Å². The number of ether oxygens (including phenoxy) is 1. The number of rotatable bonds is 3. The fraction of sp³-hybridized carbons (Fsp3) is 0.417. The van der Waals surface area contributed by atoms with E-state index in [9.17, 15) is 19.1 Å². The maximum atomic E-state index is 13.0. The fourth-order valence-electron chi connectivity index (χ4n) is 2.04. The molecule has 0 aliphatic carbocycles. The minimum atomic E-state index is -1.62. The molecule has 18 heavy (non-hydrogen) atoms. The summed E-state index contributed by atoms with van der Waals surface area (Å²) in [7, 11) is 0. The van der Waals surface area contributed by atoms with E-state index >= 15 is 0 Å². The van der Waals surface area contributed by atoms with Crippen LogP contribution in [0, 0.1) is 11.2 Å². The summed E-state index contributed by atoms with van der Waals surface area (Å²) < 4.78 is 18.1. The van der Waals surface area contributed by atoms with E-state index in [0.717, 1.165) is 6.20 Å². The van der Waals surface area contributed by atoms with Crippen LogP contribution in [0.1, 0.15) is 12.0 Å². The van der Waals surface area contributed by atoms with Gasteiger partial charge in [0.25, 0.3) is 0 Å². The van der Waals surface area contributed by atoms with Crippen LogP contribution >= 0.6 is 0 Å². The maximum Gasteiger partial charge on any atom is 0.319 e. The van der Waals surface area contributed by atoms with E-state index in [-0.39, 0.29) is 31.8 Å². The lowest BCUT2D eigenvalue weighted by Gasteiger charge is -2.31. The molecule has 0 radical (unpaired) electrons. The van der Waals surface area contributed by atoms with Gasteiger partial charge >= 0.3 is 5.97 Å². The van der Waals surface area contributed by atoms with Crippen LogP contribution in [0.4, 0.5) is 4.39 Å². The number of halogens is 1. The normalized spacial score (nSPS) is 23.9. The number of carbonyl (C=O) groups is 2. The van der Waals surface area contributed by atoms with E-state index in [1.165, 1.54) is 12.3 Å². The van der Waals surface area contributed by atoms with Gasteiger partial charge in [-0.2, -0.15) is 0 Å². The number of carboxylic acids is 1. The lowest BCUT2D eigenvalue weighted by atomic mass is 9.76. The molecule has 1 aromatic heterocycles. The Kier molecular flexibility index (Phi) is 3.38. The van der Waals surface area contributed by atoms with Gasteiger partial charge in [-0.25, -0.2) is 4.39 Å². The van der Waals surface area contributed by atoms with Crippen molar-refractivity contribution in [2.24, 2.45) is 5.41 Å². The predicted octanol–water partition coefficient (Wildman–Crippen LogP) is 0.824. The Bertz CT molecular complexity index is 491. The number of nitrogens with zero attached hydrogens (tertiary/aromatic N) is 1. The number of Topliss-reactive ketones (excluding diaryl/α,β-unsaturated/α-hetero) is 1. The Morgan fingerprint density at radius 2 is 2.33 bits per heavy atom. The molecule has 96 valence electrons. The van der Waals surface area contributed by atoms with Crippen molar-refractivity contribution >= 4 is 11.8 Å². The molecule has 2 rings (SSSR count). The number of pyridine rings is 1. The number of carbonyl (C=O) groups excluding carboxylic acids is 1. The van der Waals surface area contributed by atoms with Gasteiger partial charge in [-0.05, 0) is 18.1 Å². The van der Waals surface area contributed by atoms with Crippen molar-refractivity contribution in [3.05, 3.63) is 29.8 Å². The molecule has 0 spiro atoms. The van der Waals surface area contributed by atoms with E-state index in [4.69, 9.17) is 4.74 Å². The minimum Gasteiger partial charge on any atom is -0.480 e. The van der Waals surface area contributed by atoms with Crippen LogP contribution in [0.3, 0.4) is 0 Å². The Morgan fingerprint density at radius 3 is 2.94 bits per heavy atom. The molecule has 1 N–H and O–H groups in total. The lowest BCUT2D eigenvalue weighted by Crippen LogP contribution is -2.48. The number of carboxylic acid groups (broad SMARTS) is 1. The summed E-state index contributed by atoms with van der Waals surface area (Å²) in [6.07, 6.45) is 2.34. The molecule has 1 unspecified atom stereocenters. The largest absolute Gasteiger partial charge is 0.480 e. The Hall–Kier alpha value is -1.82. The molecule has 1 atom stereocenters. The standard InChI is InChI=1S/C12H12FNO4/c13-9-3-8(5-14-6-9)4-12(11(16)17)7-18-2-1-10(12)15/h3,5-6H,1-2,4,7H2,(H,16,17). The molecule has 1 aliphatic heterocycles. The van der Waals surface area contributed by atoms with Crippen molar-refractivity contribution in [2.45, 2.75) is 12.8 Å². The molecule has 0 saturated carbocycles. The molecule has 0 amide bonds. The average Bonchev–Trinajstić information content (AvgIpc) is 2.32. The van der Waals surface area contributed by atoms with Crippen molar-refractivity contribution in [1.82, 2.24) is 4.98 Å². The second kappa shape index (κ2) is 4.81. The zero-order valence-electron chi connectivity index (χ0n) is 9.56. The molecule has 5 nitrogen and oxygen atoms in total. The maximum absolute atomic E-state index is 13.0. The van der Waals surface area contributed by atoms with Crippen molar-refractivity contribution < 1.29 is 23.8 Å². The molecule has 1 aromatic rings. The summed E-state index contributed by atoms with van der Waals surface area (Å²) in [6.45, 7) is 0.0486. The average molecular weight is 253 g/mol. The third kappa shape index (κ3) is 2.24. The third-order valence-corrected chi connectivity index (χ3v) is 3.03. The van der Waals surface area contributed by atoms with Gasteiger partial charge in [0.05, 0.1) is 19.4 Å². The first kappa shape index (κ1) is 12.6. The molecular formula is C12H12FNO4. The zero-order valence-corrected chi connectivity index (χ0v) is 9.56. The zero-order chi connectivity index (χ0) is 13.2. The summed E-state index contributed by atoms with van der Waals surface area (Å²) in [5.74, 6) is -2.18. The summed E-state index contributed by atoms with van der Waals surface area (Å²) in [5, 5.41) is 9.27. The van der Waals surface area contributed by atoms with Gasteiger partial charge in [0, 0.05) is 12.6 Å². The molecule has 0 bridgehead atoms. The third-order valence-electron chi connectivity index (χ3n) is 3.03. The van der Waals surface area contributed by atoms with Crippen molar-refractivity contribution in [3.63, 3.8) is 0 Å². The Balaban J connectivity index is 2.31. The van der Waals surface area contributed by atoms with E-state index < -0.39 is 17.2 Å². The highest BCUT2D eigenvalue weighted by Crippen LogP contribution is 2.30. The molecule has 1 fully saturated rings. The van der Waals surface area contributed by atoms with Gasteiger partial charge in [0.15, 0.2) is 11.2 Å². The summed E-state index contributed by atoms with van der Waals surface area (Å²) in [5.41, 5.74) is -1.25. The fourth-order valence-corrected chi connectivity index (χ4v) is 2.04. The summed E-state index contributed by atoms with van der Waals surface area (Å²) in [6, 6.07) is 1.18. The predicted molar refractivity (Wildman–Crippen MR) is 58.4 cm³/mol. The first-order valence-corrected chi connectivity index (χ1v) is 5.48. The van der Waals surface area contributed by atoms with Gasteiger partial charge in [-0.1, -0.05) is 0 Å². The molecule has 1 saturated heterocycles. The van der Waals surface area contributed by atoms with Gasteiger partial charge in [0.2, 0.25) is 0 Å².